The van der Waals surface area contributed by atoms with Crippen LogP contribution in [0.25, 0.3) is 5.69 Å². The molecule has 1 aromatic carbocycles. The minimum absolute atomic E-state index is 0.161. The van der Waals surface area contributed by atoms with E-state index in [0.717, 1.165) is 11.4 Å². The summed E-state index contributed by atoms with van der Waals surface area (Å²) in [4.78, 5) is 11.3. The van der Waals surface area contributed by atoms with Crippen molar-refractivity contribution in [2.24, 2.45) is 0 Å². The molecule has 5 nitrogen and oxygen atoms in total. The number of hydrogen-bond donors (Lipinski definition) is 1. The molecule has 0 saturated carbocycles. The Morgan fingerprint density at radius 2 is 1.95 bits per heavy atom. The standard InChI is InChI=1S/C14H16N2O3/c1-9(2)12-8-13(14(17)18)16(15-12)10-4-6-11(19-3)7-5-10/h4-9H,1-3H3,(H,17,18). The fourth-order valence-electron chi connectivity index (χ4n) is 1.75. The van der Waals surface area contributed by atoms with Crippen LogP contribution in [0.4, 0.5) is 0 Å². The molecule has 0 unspecified atom stereocenters. The summed E-state index contributed by atoms with van der Waals surface area (Å²) in [6, 6.07) is 8.72. The van der Waals surface area contributed by atoms with E-state index in [1.54, 1.807) is 37.4 Å². The van der Waals surface area contributed by atoms with Gasteiger partial charge in [-0.1, -0.05) is 13.8 Å². The zero-order valence-corrected chi connectivity index (χ0v) is 11.1. The molecule has 0 amide bonds. The molecule has 1 heterocycles. The third-order valence-corrected chi connectivity index (χ3v) is 2.86. The lowest BCUT2D eigenvalue weighted by Gasteiger charge is -2.06. The molecule has 5 heteroatoms. The van der Waals surface area contributed by atoms with E-state index in [1.165, 1.54) is 4.68 Å². The summed E-state index contributed by atoms with van der Waals surface area (Å²) < 4.78 is 6.52. The minimum Gasteiger partial charge on any atom is -0.497 e. The number of carboxylic acids is 1. The van der Waals surface area contributed by atoms with Crippen molar-refractivity contribution < 1.29 is 14.6 Å². The Hall–Kier alpha value is -2.30. The van der Waals surface area contributed by atoms with Crippen molar-refractivity contribution in [2.75, 3.05) is 7.11 Å². The highest BCUT2D eigenvalue weighted by Gasteiger charge is 2.17. The third kappa shape index (κ3) is 2.59. The first-order valence-corrected chi connectivity index (χ1v) is 6.00. The summed E-state index contributed by atoms with van der Waals surface area (Å²) in [5, 5.41) is 13.6. The number of rotatable bonds is 4. The van der Waals surface area contributed by atoms with Gasteiger partial charge in [-0.2, -0.15) is 5.10 Å². The first kappa shape index (κ1) is 13.1. The predicted molar refractivity (Wildman–Crippen MR) is 71.2 cm³/mol. The van der Waals surface area contributed by atoms with Crippen LogP contribution in [0.3, 0.4) is 0 Å². The minimum atomic E-state index is -0.991. The van der Waals surface area contributed by atoms with Crippen LogP contribution in [-0.2, 0) is 0 Å². The molecule has 0 aliphatic rings. The average Bonchev–Trinajstić information content (AvgIpc) is 2.84. The summed E-state index contributed by atoms with van der Waals surface area (Å²) in [5.41, 5.74) is 1.62. The number of hydrogen-bond acceptors (Lipinski definition) is 3. The number of aromatic carboxylic acids is 1. The second kappa shape index (κ2) is 5.14. The Kier molecular flexibility index (Phi) is 3.55. The van der Waals surface area contributed by atoms with E-state index in [4.69, 9.17) is 4.74 Å². The molecule has 0 bridgehead atoms. The van der Waals surface area contributed by atoms with Crippen LogP contribution >= 0.6 is 0 Å². The predicted octanol–water partition coefficient (Wildman–Crippen LogP) is 2.70. The number of methoxy groups -OCH3 is 1. The molecule has 0 fully saturated rings. The molecule has 19 heavy (non-hydrogen) atoms. The number of nitrogens with zero attached hydrogens (tertiary/aromatic N) is 2. The highest BCUT2D eigenvalue weighted by atomic mass is 16.5. The maximum absolute atomic E-state index is 11.3. The zero-order valence-electron chi connectivity index (χ0n) is 11.1. The van der Waals surface area contributed by atoms with Gasteiger partial charge in [-0.15, -0.1) is 0 Å². The van der Waals surface area contributed by atoms with Crippen molar-refractivity contribution in [2.45, 2.75) is 19.8 Å². The fraction of sp³-hybridized carbons (Fsp3) is 0.286. The number of carboxylic acid groups (broad SMARTS) is 1. The lowest BCUT2D eigenvalue weighted by Crippen LogP contribution is -2.07. The molecular formula is C14H16N2O3. The number of carbonyl (C=O) groups is 1. The van der Waals surface area contributed by atoms with Crippen LogP contribution < -0.4 is 4.74 Å². The first-order valence-electron chi connectivity index (χ1n) is 6.00. The first-order chi connectivity index (χ1) is 9.02. The van der Waals surface area contributed by atoms with E-state index in [-0.39, 0.29) is 11.6 Å². The van der Waals surface area contributed by atoms with Gasteiger partial charge in [-0.3, -0.25) is 0 Å². The van der Waals surface area contributed by atoms with Gasteiger partial charge >= 0.3 is 5.97 Å². The SMILES string of the molecule is COc1ccc(-n2nc(C(C)C)cc2C(=O)O)cc1. The molecule has 0 spiro atoms. The molecule has 0 aliphatic carbocycles. The Balaban J connectivity index is 2.49. The average molecular weight is 260 g/mol. The fourth-order valence-corrected chi connectivity index (χ4v) is 1.75. The van der Waals surface area contributed by atoms with Gasteiger partial charge in [-0.25, -0.2) is 9.48 Å². The van der Waals surface area contributed by atoms with E-state index >= 15 is 0 Å². The highest BCUT2D eigenvalue weighted by Crippen LogP contribution is 2.20. The van der Waals surface area contributed by atoms with Crippen LogP contribution in [-0.4, -0.2) is 28.0 Å². The third-order valence-electron chi connectivity index (χ3n) is 2.86. The summed E-state index contributed by atoms with van der Waals surface area (Å²) in [6.45, 7) is 3.96. The second-order valence-corrected chi connectivity index (χ2v) is 4.52. The Bertz CT molecular complexity index is 585. The molecule has 100 valence electrons. The number of aromatic nitrogens is 2. The number of benzene rings is 1. The lowest BCUT2D eigenvalue weighted by atomic mass is 10.1. The van der Waals surface area contributed by atoms with E-state index in [0.29, 0.717) is 5.69 Å². The van der Waals surface area contributed by atoms with E-state index in [1.807, 2.05) is 13.8 Å². The van der Waals surface area contributed by atoms with Crippen LogP contribution in [0.5, 0.6) is 5.75 Å². The van der Waals surface area contributed by atoms with E-state index < -0.39 is 5.97 Å². The topological polar surface area (TPSA) is 64.4 Å². The van der Waals surface area contributed by atoms with Crippen molar-refractivity contribution in [1.82, 2.24) is 9.78 Å². The lowest BCUT2D eigenvalue weighted by molar-refractivity contribution is 0.0687. The molecule has 2 rings (SSSR count). The largest absolute Gasteiger partial charge is 0.497 e. The van der Waals surface area contributed by atoms with Crippen molar-refractivity contribution in [3.63, 3.8) is 0 Å². The van der Waals surface area contributed by atoms with Crippen molar-refractivity contribution in [3.05, 3.63) is 41.7 Å². The van der Waals surface area contributed by atoms with Crippen molar-refractivity contribution in [3.8, 4) is 11.4 Å². The highest BCUT2D eigenvalue weighted by molar-refractivity contribution is 5.86. The summed E-state index contributed by atoms with van der Waals surface area (Å²) in [6.07, 6.45) is 0. The molecule has 1 N–H and O–H groups in total. The smallest absolute Gasteiger partial charge is 0.354 e. The van der Waals surface area contributed by atoms with E-state index in [9.17, 15) is 9.90 Å². The Morgan fingerprint density at radius 3 is 2.42 bits per heavy atom. The Morgan fingerprint density at radius 1 is 1.32 bits per heavy atom. The van der Waals surface area contributed by atoms with Gasteiger partial charge in [0.2, 0.25) is 0 Å². The van der Waals surface area contributed by atoms with Gasteiger partial charge in [-0.05, 0) is 36.2 Å². The maximum atomic E-state index is 11.3. The van der Waals surface area contributed by atoms with Gasteiger partial charge in [0.05, 0.1) is 18.5 Å². The summed E-state index contributed by atoms with van der Waals surface area (Å²) in [5.74, 6) is -0.0929. The number of ether oxygens (including phenoxy) is 1. The van der Waals surface area contributed by atoms with Crippen LogP contribution in [0, 0.1) is 0 Å². The van der Waals surface area contributed by atoms with Gasteiger partial charge < -0.3 is 9.84 Å². The second-order valence-electron chi connectivity index (χ2n) is 4.52. The maximum Gasteiger partial charge on any atom is 0.354 e. The molecule has 0 atom stereocenters. The van der Waals surface area contributed by atoms with Gasteiger partial charge in [0.1, 0.15) is 5.75 Å². The summed E-state index contributed by atoms with van der Waals surface area (Å²) >= 11 is 0. The van der Waals surface area contributed by atoms with E-state index in [2.05, 4.69) is 5.10 Å². The van der Waals surface area contributed by atoms with Crippen molar-refractivity contribution in [1.29, 1.82) is 0 Å². The zero-order chi connectivity index (χ0) is 14.0. The Labute approximate surface area is 111 Å². The van der Waals surface area contributed by atoms with Gasteiger partial charge in [0.15, 0.2) is 5.69 Å². The quantitative estimate of drug-likeness (QED) is 0.918. The molecule has 0 aliphatic heterocycles. The monoisotopic (exact) mass is 260 g/mol. The van der Waals surface area contributed by atoms with Gasteiger partial charge in [0.25, 0.3) is 0 Å². The molecular weight excluding hydrogens is 244 g/mol. The van der Waals surface area contributed by atoms with Gasteiger partial charge in [0, 0.05) is 0 Å². The molecule has 2 aromatic rings. The van der Waals surface area contributed by atoms with Crippen LogP contribution in [0.1, 0.15) is 35.9 Å². The van der Waals surface area contributed by atoms with Crippen molar-refractivity contribution >= 4 is 5.97 Å². The van der Waals surface area contributed by atoms with Crippen LogP contribution in [0.2, 0.25) is 0 Å². The molecule has 0 saturated heterocycles. The normalized spacial score (nSPS) is 10.7. The van der Waals surface area contributed by atoms with Crippen LogP contribution in [0.15, 0.2) is 30.3 Å². The molecule has 0 radical (unpaired) electrons. The summed E-state index contributed by atoms with van der Waals surface area (Å²) in [7, 11) is 1.59. The molecule has 1 aromatic heterocycles.